The van der Waals surface area contributed by atoms with Gasteiger partial charge in [0.1, 0.15) is 9.90 Å². The zero-order valence-corrected chi connectivity index (χ0v) is 17.8. The van der Waals surface area contributed by atoms with E-state index in [0.717, 1.165) is 27.4 Å². The molecule has 0 saturated heterocycles. The van der Waals surface area contributed by atoms with E-state index in [0.29, 0.717) is 11.3 Å². The van der Waals surface area contributed by atoms with Crippen molar-refractivity contribution in [3.05, 3.63) is 82.0 Å². The van der Waals surface area contributed by atoms with E-state index >= 15 is 0 Å². The fourth-order valence-electron chi connectivity index (χ4n) is 3.16. The van der Waals surface area contributed by atoms with Crippen molar-refractivity contribution in [3.63, 3.8) is 0 Å². The molecule has 7 nitrogen and oxygen atoms in total. The third kappa shape index (κ3) is 4.04. The summed E-state index contributed by atoms with van der Waals surface area (Å²) in [5.74, 6) is -0.887. The van der Waals surface area contributed by atoms with Crippen molar-refractivity contribution in [2.45, 2.75) is 24.1 Å². The molecule has 1 aromatic carbocycles. The molecule has 30 heavy (non-hydrogen) atoms. The molecule has 1 aliphatic rings. The van der Waals surface area contributed by atoms with E-state index in [-0.39, 0.29) is 28.6 Å². The normalized spacial score (nSPS) is 13.7. The van der Waals surface area contributed by atoms with Crippen molar-refractivity contribution < 1.29 is 18.0 Å². The number of benzene rings is 1. The lowest BCUT2D eigenvalue weighted by molar-refractivity contribution is 0.0642. The number of nitrogens with zero attached hydrogens (tertiary/aromatic N) is 2. The summed E-state index contributed by atoms with van der Waals surface area (Å²) >= 11 is 1.04. The van der Waals surface area contributed by atoms with Crippen LogP contribution in [0.5, 0.6) is 0 Å². The summed E-state index contributed by atoms with van der Waals surface area (Å²) in [6.45, 7) is 2.29. The van der Waals surface area contributed by atoms with E-state index < -0.39 is 21.8 Å². The summed E-state index contributed by atoms with van der Waals surface area (Å²) < 4.78 is 27.9. The zero-order chi connectivity index (χ0) is 21.3. The number of hydrogen-bond donors (Lipinski definition) is 1. The first-order valence-electron chi connectivity index (χ1n) is 9.30. The van der Waals surface area contributed by atoms with Crippen LogP contribution in [0.3, 0.4) is 0 Å². The van der Waals surface area contributed by atoms with Gasteiger partial charge >= 0.3 is 0 Å². The van der Waals surface area contributed by atoms with Crippen molar-refractivity contribution >= 4 is 33.2 Å². The number of carbonyl (C=O) groups is 2. The molecule has 0 bridgehead atoms. The smallest absolute Gasteiger partial charge is 0.268 e. The van der Waals surface area contributed by atoms with Crippen LogP contribution >= 0.6 is 11.3 Å². The van der Waals surface area contributed by atoms with E-state index in [9.17, 15) is 18.0 Å². The third-order valence-electron chi connectivity index (χ3n) is 4.77. The maximum atomic E-state index is 12.6. The second kappa shape index (κ2) is 8.10. The van der Waals surface area contributed by atoms with Crippen LogP contribution in [-0.2, 0) is 23.0 Å². The van der Waals surface area contributed by atoms with Gasteiger partial charge in [0.2, 0.25) is 10.0 Å². The summed E-state index contributed by atoms with van der Waals surface area (Å²) in [5, 5.41) is 0. The minimum atomic E-state index is -3.66. The highest BCUT2D eigenvalue weighted by molar-refractivity contribution is 7.91. The standard InChI is InChI=1S/C21H19N3O4S2/c1-14-4-6-15(7-5-14)10-12-23-30(27,28)18-9-8-16(29-18)13-24-20(25)17-3-2-11-22-19(17)21(24)26/h2-9,11,23H,10,12-13H2,1H3. The number of nitrogens with one attached hydrogen (secondary N) is 1. The number of sulfonamides is 1. The molecule has 9 heteroatoms. The lowest BCUT2D eigenvalue weighted by Gasteiger charge is -2.11. The number of aryl methyl sites for hydroxylation is 1. The summed E-state index contributed by atoms with van der Waals surface area (Å²) in [4.78, 5) is 30.5. The Morgan fingerprint density at radius 3 is 2.53 bits per heavy atom. The van der Waals surface area contributed by atoms with Gasteiger partial charge in [-0.3, -0.25) is 19.5 Å². The molecule has 4 rings (SSSR count). The molecule has 0 spiro atoms. The van der Waals surface area contributed by atoms with Crippen molar-refractivity contribution in [2.24, 2.45) is 0 Å². The molecular formula is C21H19N3O4S2. The average Bonchev–Trinajstić information content (AvgIpc) is 3.30. The highest BCUT2D eigenvalue weighted by atomic mass is 32.2. The SMILES string of the molecule is Cc1ccc(CCNS(=O)(=O)c2ccc(CN3C(=O)c4cccnc4C3=O)s2)cc1. The van der Waals surface area contributed by atoms with Crippen LogP contribution in [0.1, 0.15) is 36.9 Å². The van der Waals surface area contributed by atoms with Gasteiger partial charge in [0, 0.05) is 17.6 Å². The van der Waals surface area contributed by atoms with Gasteiger partial charge in [-0.1, -0.05) is 29.8 Å². The summed E-state index contributed by atoms with van der Waals surface area (Å²) in [6.07, 6.45) is 2.05. The molecule has 0 fully saturated rings. The molecule has 0 saturated carbocycles. The predicted octanol–water partition coefficient (Wildman–Crippen LogP) is 2.77. The first-order valence-corrected chi connectivity index (χ1v) is 11.6. The van der Waals surface area contributed by atoms with Crippen molar-refractivity contribution in [2.75, 3.05) is 6.54 Å². The fraction of sp³-hybridized carbons (Fsp3) is 0.190. The van der Waals surface area contributed by atoms with Crippen molar-refractivity contribution in [3.8, 4) is 0 Å². The number of amides is 2. The first-order chi connectivity index (χ1) is 14.3. The van der Waals surface area contributed by atoms with Crippen LogP contribution in [0.15, 0.2) is 58.9 Å². The summed E-state index contributed by atoms with van der Waals surface area (Å²) in [5.41, 5.74) is 2.60. The molecule has 2 amide bonds. The lowest BCUT2D eigenvalue weighted by atomic mass is 10.1. The number of carbonyl (C=O) groups excluding carboxylic acids is 2. The minimum Gasteiger partial charge on any atom is -0.268 e. The number of hydrogen-bond acceptors (Lipinski definition) is 6. The van der Waals surface area contributed by atoms with Crippen LogP contribution in [-0.4, -0.2) is 36.7 Å². The molecule has 1 N–H and O–H groups in total. The van der Waals surface area contributed by atoms with Crippen LogP contribution in [0.25, 0.3) is 0 Å². The zero-order valence-electron chi connectivity index (χ0n) is 16.2. The molecule has 2 aromatic heterocycles. The van der Waals surface area contributed by atoms with E-state index in [1.54, 1.807) is 18.2 Å². The van der Waals surface area contributed by atoms with E-state index in [2.05, 4.69) is 9.71 Å². The predicted molar refractivity (Wildman–Crippen MR) is 113 cm³/mol. The van der Waals surface area contributed by atoms with Crippen molar-refractivity contribution in [1.82, 2.24) is 14.6 Å². The number of pyridine rings is 1. The number of imide groups is 1. The Morgan fingerprint density at radius 1 is 1.03 bits per heavy atom. The monoisotopic (exact) mass is 441 g/mol. The number of aromatic nitrogens is 1. The van der Waals surface area contributed by atoms with E-state index in [1.165, 1.54) is 12.3 Å². The second-order valence-electron chi connectivity index (χ2n) is 6.95. The summed E-state index contributed by atoms with van der Waals surface area (Å²) in [7, 11) is -3.66. The van der Waals surface area contributed by atoms with Crippen LogP contribution in [0.4, 0.5) is 0 Å². The Labute approximate surface area is 178 Å². The maximum absolute atomic E-state index is 12.6. The lowest BCUT2D eigenvalue weighted by Crippen LogP contribution is -2.28. The molecule has 3 heterocycles. The molecule has 154 valence electrons. The van der Waals surface area contributed by atoms with E-state index in [1.807, 2.05) is 31.2 Å². The van der Waals surface area contributed by atoms with Crippen LogP contribution < -0.4 is 4.72 Å². The van der Waals surface area contributed by atoms with Crippen molar-refractivity contribution in [1.29, 1.82) is 0 Å². The fourth-order valence-corrected chi connectivity index (χ4v) is 5.58. The summed E-state index contributed by atoms with van der Waals surface area (Å²) in [6, 6.07) is 14.2. The second-order valence-corrected chi connectivity index (χ2v) is 10.1. The Hall–Kier alpha value is -2.88. The first kappa shape index (κ1) is 20.4. The Kier molecular flexibility index (Phi) is 5.50. The topological polar surface area (TPSA) is 96.4 Å². The average molecular weight is 442 g/mol. The quantitative estimate of drug-likeness (QED) is 0.569. The third-order valence-corrected chi connectivity index (χ3v) is 7.80. The largest absolute Gasteiger partial charge is 0.280 e. The van der Waals surface area contributed by atoms with Gasteiger partial charge in [0.15, 0.2) is 0 Å². The number of rotatable bonds is 7. The Morgan fingerprint density at radius 2 is 1.80 bits per heavy atom. The van der Waals surface area contributed by atoms with Gasteiger partial charge in [0.05, 0.1) is 12.1 Å². The maximum Gasteiger partial charge on any atom is 0.280 e. The van der Waals surface area contributed by atoms with Gasteiger partial charge < -0.3 is 0 Å². The van der Waals surface area contributed by atoms with Gasteiger partial charge in [-0.05, 0) is 43.2 Å². The molecule has 0 atom stereocenters. The molecule has 3 aromatic rings. The number of fused-ring (bicyclic) bond motifs is 1. The molecular weight excluding hydrogens is 422 g/mol. The van der Waals surface area contributed by atoms with Crippen LogP contribution in [0, 0.1) is 6.92 Å². The minimum absolute atomic E-state index is 0.0115. The van der Waals surface area contributed by atoms with Gasteiger partial charge in [-0.2, -0.15) is 0 Å². The molecule has 1 aliphatic heterocycles. The van der Waals surface area contributed by atoms with Gasteiger partial charge in [-0.25, -0.2) is 13.1 Å². The molecule has 0 radical (unpaired) electrons. The molecule has 0 aliphatic carbocycles. The number of thiophene rings is 1. The Bertz CT molecular complexity index is 1180. The highest BCUT2D eigenvalue weighted by Gasteiger charge is 2.36. The van der Waals surface area contributed by atoms with Gasteiger partial charge in [0.25, 0.3) is 11.8 Å². The van der Waals surface area contributed by atoms with Gasteiger partial charge in [-0.15, -0.1) is 11.3 Å². The molecule has 0 unspecified atom stereocenters. The van der Waals surface area contributed by atoms with E-state index in [4.69, 9.17) is 0 Å². The Balaban J connectivity index is 1.40. The highest BCUT2D eigenvalue weighted by Crippen LogP contribution is 2.27. The van der Waals surface area contributed by atoms with Crippen LogP contribution in [0.2, 0.25) is 0 Å².